The zero-order valence-corrected chi connectivity index (χ0v) is 15.5. The number of carbonyl (C=O) groups is 1. The maximum Gasteiger partial charge on any atom is 0.390 e. The number of guanidine groups is 1. The molecule has 2 N–H and O–H groups in total. The van der Waals surface area contributed by atoms with Crippen LogP contribution in [0.25, 0.3) is 0 Å². The molecule has 0 aromatic heterocycles. The Morgan fingerprint density at radius 3 is 2.67 bits per heavy atom. The summed E-state index contributed by atoms with van der Waals surface area (Å²) in [5, 5.41) is 5.28. The van der Waals surface area contributed by atoms with E-state index in [1.54, 1.807) is 4.90 Å². The van der Waals surface area contributed by atoms with Gasteiger partial charge >= 0.3 is 6.18 Å². The molecule has 24 heavy (non-hydrogen) atoms. The van der Waals surface area contributed by atoms with Gasteiger partial charge in [0.05, 0.1) is 13.0 Å². The van der Waals surface area contributed by atoms with E-state index in [9.17, 15) is 18.0 Å². The van der Waals surface area contributed by atoms with E-state index in [1.165, 1.54) is 7.05 Å². The highest BCUT2D eigenvalue weighted by molar-refractivity contribution is 14.0. The first-order valence-electron chi connectivity index (χ1n) is 7.30. The number of hydrogen-bond donors (Lipinski definition) is 2. The van der Waals surface area contributed by atoms with E-state index in [-0.39, 0.29) is 48.9 Å². The van der Waals surface area contributed by atoms with Crippen molar-refractivity contribution >= 4 is 41.5 Å². The van der Waals surface area contributed by atoms with Crippen molar-refractivity contribution in [2.24, 2.45) is 4.99 Å². The van der Waals surface area contributed by atoms with E-state index in [0.29, 0.717) is 6.54 Å². The molecule has 0 saturated carbocycles. The number of fused-ring (bicyclic) bond motifs is 1. The fraction of sp³-hybridized carbons (Fsp3) is 0.467. The number of hydrogen-bond acceptors (Lipinski definition) is 2. The zero-order chi connectivity index (χ0) is 16.9. The van der Waals surface area contributed by atoms with Crippen LogP contribution in [0, 0.1) is 0 Å². The fourth-order valence-electron chi connectivity index (χ4n) is 2.40. The van der Waals surface area contributed by atoms with Crippen LogP contribution in [0.4, 0.5) is 18.9 Å². The molecular formula is C15H20F3IN4O. The van der Waals surface area contributed by atoms with Gasteiger partial charge in [-0.15, -0.1) is 24.0 Å². The van der Waals surface area contributed by atoms with Gasteiger partial charge in [0.25, 0.3) is 0 Å². The third kappa shape index (κ3) is 5.84. The molecule has 1 aliphatic heterocycles. The molecule has 0 spiro atoms. The SMILES string of the molecule is CN=C(NCCC(F)(F)F)NCC(=O)N1CCc2ccccc21.I. The summed E-state index contributed by atoms with van der Waals surface area (Å²) in [5.74, 6) is 0.0313. The van der Waals surface area contributed by atoms with E-state index in [1.807, 2.05) is 24.3 Å². The van der Waals surface area contributed by atoms with Crippen molar-refractivity contribution in [3.63, 3.8) is 0 Å². The lowest BCUT2D eigenvalue weighted by Gasteiger charge is -2.19. The third-order valence-corrected chi connectivity index (χ3v) is 3.52. The molecule has 0 atom stereocenters. The molecule has 0 aliphatic carbocycles. The van der Waals surface area contributed by atoms with Crippen LogP contribution in [0.1, 0.15) is 12.0 Å². The summed E-state index contributed by atoms with van der Waals surface area (Å²) in [7, 11) is 1.44. The smallest absolute Gasteiger partial charge is 0.356 e. The minimum atomic E-state index is -4.22. The molecular weight excluding hydrogens is 436 g/mol. The lowest BCUT2D eigenvalue weighted by molar-refractivity contribution is -0.132. The highest BCUT2D eigenvalue weighted by Gasteiger charge is 2.27. The van der Waals surface area contributed by atoms with Crippen LogP contribution in [0.2, 0.25) is 0 Å². The second-order valence-corrected chi connectivity index (χ2v) is 5.14. The normalized spacial score (nSPS) is 14.0. The van der Waals surface area contributed by atoms with Crippen molar-refractivity contribution in [1.82, 2.24) is 10.6 Å². The number of nitrogens with one attached hydrogen (secondary N) is 2. The molecule has 0 fully saturated rings. The van der Waals surface area contributed by atoms with Gasteiger partial charge in [-0.3, -0.25) is 9.79 Å². The Kier molecular flexibility index (Phi) is 7.77. The summed E-state index contributed by atoms with van der Waals surface area (Å²) < 4.78 is 36.3. The molecule has 0 unspecified atom stereocenters. The number of alkyl halides is 3. The van der Waals surface area contributed by atoms with Crippen molar-refractivity contribution in [3.05, 3.63) is 29.8 Å². The Morgan fingerprint density at radius 2 is 2.00 bits per heavy atom. The quantitative estimate of drug-likeness (QED) is 0.416. The number of aliphatic imine (C=N–C) groups is 1. The van der Waals surface area contributed by atoms with E-state index in [2.05, 4.69) is 15.6 Å². The predicted octanol–water partition coefficient (Wildman–Crippen LogP) is 2.31. The second-order valence-electron chi connectivity index (χ2n) is 5.14. The van der Waals surface area contributed by atoms with Gasteiger partial charge in [-0.2, -0.15) is 13.2 Å². The Bertz CT molecular complexity index is 592. The van der Waals surface area contributed by atoms with Crippen LogP contribution < -0.4 is 15.5 Å². The molecule has 1 aromatic carbocycles. The van der Waals surface area contributed by atoms with Gasteiger partial charge in [-0.25, -0.2) is 0 Å². The predicted molar refractivity (Wildman–Crippen MR) is 98.0 cm³/mol. The van der Waals surface area contributed by atoms with Crippen molar-refractivity contribution in [2.75, 3.05) is 31.6 Å². The average Bonchev–Trinajstić information content (AvgIpc) is 2.93. The summed E-state index contributed by atoms with van der Waals surface area (Å²) in [6.07, 6.45) is -4.37. The monoisotopic (exact) mass is 456 g/mol. The lowest BCUT2D eigenvalue weighted by atomic mass is 10.2. The van der Waals surface area contributed by atoms with Crippen LogP contribution in [0.3, 0.4) is 0 Å². The molecule has 9 heteroatoms. The Balaban J connectivity index is 0.00000288. The van der Waals surface area contributed by atoms with Crippen LogP contribution >= 0.6 is 24.0 Å². The van der Waals surface area contributed by atoms with Gasteiger partial charge in [0.2, 0.25) is 5.91 Å². The minimum Gasteiger partial charge on any atom is -0.356 e. The number of halogens is 4. The van der Waals surface area contributed by atoms with Gasteiger partial charge < -0.3 is 15.5 Å². The first kappa shape index (κ1) is 20.5. The lowest BCUT2D eigenvalue weighted by Crippen LogP contribution is -2.45. The summed E-state index contributed by atoms with van der Waals surface area (Å²) in [4.78, 5) is 17.7. The van der Waals surface area contributed by atoms with E-state index in [0.717, 1.165) is 17.7 Å². The van der Waals surface area contributed by atoms with Crippen molar-refractivity contribution < 1.29 is 18.0 Å². The molecule has 0 radical (unpaired) electrons. The van der Waals surface area contributed by atoms with Crippen LogP contribution in [-0.2, 0) is 11.2 Å². The topological polar surface area (TPSA) is 56.7 Å². The van der Waals surface area contributed by atoms with E-state index < -0.39 is 12.6 Å². The minimum absolute atomic E-state index is 0. The molecule has 1 heterocycles. The third-order valence-electron chi connectivity index (χ3n) is 3.52. The van der Waals surface area contributed by atoms with Crippen LogP contribution in [0.5, 0.6) is 0 Å². The first-order chi connectivity index (χ1) is 10.9. The molecule has 1 aromatic rings. The van der Waals surface area contributed by atoms with Crippen molar-refractivity contribution in [1.29, 1.82) is 0 Å². The highest BCUT2D eigenvalue weighted by Crippen LogP contribution is 2.27. The van der Waals surface area contributed by atoms with Crippen LogP contribution in [-0.4, -0.2) is 44.7 Å². The van der Waals surface area contributed by atoms with Crippen molar-refractivity contribution in [3.8, 4) is 0 Å². The molecule has 1 aliphatic rings. The molecule has 134 valence electrons. The molecule has 5 nitrogen and oxygen atoms in total. The van der Waals surface area contributed by atoms with Gasteiger partial charge in [-0.1, -0.05) is 18.2 Å². The molecule has 0 bridgehead atoms. The average molecular weight is 456 g/mol. The van der Waals surface area contributed by atoms with Gasteiger partial charge in [0, 0.05) is 25.8 Å². The van der Waals surface area contributed by atoms with Crippen molar-refractivity contribution in [2.45, 2.75) is 19.0 Å². The summed E-state index contributed by atoms with van der Waals surface area (Å²) >= 11 is 0. The highest BCUT2D eigenvalue weighted by atomic mass is 127. The van der Waals surface area contributed by atoms with Crippen LogP contribution in [0.15, 0.2) is 29.3 Å². The number of amides is 1. The van der Waals surface area contributed by atoms with E-state index in [4.69, 9.17) is 0 Å². The van der Waals surface area contributed by atoms with Gasteiger partial charge in [0.15, 0.2) is 5.96 Å². The summed E-state index contributed by atoms with van der Waals surface area (Å²) in [5.41, 5.74) is 2.01. The van der Waals surface area contributed by atoms with Gasteiger partial charge in [0.1, 0.15) is 0 Å². The number of rotatable bonds is 4. The Hall–Kier alpha value is -1.52. The zero-order valence-electron chi connectivity index (χ0n) is 13.2. The molecule has 0 saturated heterocycles. The van der Waals surface area contributed by atoms with E-state index >= 15 is 0 Å². The molecule has 1 amide bonds. The number of benzene rings is 1. The Labute approximate surface area is 155 Å². The number of nitrogens with zero attached hydrogens (tertiary/aromatic N) is 2. The number of carbonyl (C=O) groups excluding carboxylic acids is 1. The number of para-hydroxylation sites is 1. The standard InChI is InChI=1S/C15H19F3N4O.HI/c1-19-14(20-8-7-15(16,17)18)21-10-13(23)22-9-6-11-4-2-3-5-12(11)22;/h2-5H,6-10H2,1H3,(H2,19,20,21);1H. The maximum atomic E-state index is 12.3. The first-order valence-corrected chi connectivity index (χ1v) is 7.30. The Morgan fingerprint density at radius 1 is 1.29 bits per heavy atom. The van der Waals surface area contributed by atoms with Gasteiger partial charge in [-0.05, 0) is 18.1 Å². The summed E-state index contributed by atoms with van der Waals surface area (Å²) in [6.45, 7) is 0.296. The second kappa shape index (κ2) is 9.09. The summed E-state index contributed by atoms with van der Waals surface area (Å²) in [6, 6.07) is 7.66. The molecule has 2 rings (SSSR count). The maximum absolute atomic E-state index is 12.3. The largest absolute Gasteiger partial charge is 0.390 e. The fourth-order valence-corrected chi connectivity index (χ4v) is 2.40. The number of anilines is 1.